The van der Waals surface area contributed by atoms with Gasteiger partial charge in [-0.1, -0.05) is 26.8 Å². The van der Waals surface area contributed by atoms with E-state index in [2.05, 4.69) is 9.47 Å². The number of aliphatic hydroxyl groups excluding tert-OH is 9. The van der Waals surface area contributed by atoms with Crippen LogP contribution in [0.3, 0.4) is 0 Å². The SMILES string of the molecule is CC(C)(CO)CO.CCC(CO)(CO)CO.O=C(O)c1ccc(C(=O)O)cc1.O=C(O)c1cccc(C(=O)O)c1.O=C1CCC(=O)O1.OCCO.OCCOCCO. The lowest BCUT2D eigenvalue weighted by Crippen LogP contribution is -2.32. The molecule has 1 heterocycles. The van der Waals surface area contributed by atoms with Gasteiger partial charge in [0.15, 0.2) is 0 Å². The van der Waals surface area contributed by atoms with Crippen molar-refractivity contribution >= 4 is 35.8 Å². The van der Waals surface area contributed by atoms with Crippen molar-refractivity contribution in [3.05, 3.63) is 70.8 Å². The molecule has 21 nitrogen and oxygen atoms in total. The number of esters is 2. The summed E-state index contributed by atoms with van der Waals surface area (Å²) in [4.78, 5) is 61.5. The molecule has 3 rings (SSSR count). The first kappa shape index (κ1) is 59.7. The van der Waals surface area contributed by atoms with Crippen LogP contribution in [0.4, 0.5) is 0 Å². The molecule has 2 aromatic carbocycles. The van der Waals surface area contributed by atoms with Gasteiger partial charge in [0.2, 0.25) is 0 Å². The molecule has 13 N–H and O–H groups in total. The van der Waals surface area contributed by atoms with Gasteiger partial charge >= 0.3 is 35.8 Å². The Bertz CT molecular complexity index is 1320. The van der Waals surface area contributed by atoms with Crippen LogP contribution in [0.2, 0.25) is 0 Å². The van der Waals surface area contributed by atoms with Crippen molar-refractivity contribution in [3.8, 4) is 0 Å². The fourth-order valence-corrected chi connectivity index (χ4v) is 2.74. The fraction of sp³-hybridized carbons (Fsp3) is 0.514. The molecule has 2 aromatic rings. The first-order valence-electron chi connectivity index (χ1n) is 17.1. The third-order valence-corrected chi connectivity index (χ3v) is 6.68. The van der Waals surface area contributed by atoms with E-state index in [4.69, 9.17) is 66.4 Å². The topological polar surface area (TPSA) is 384 Å². The molecule has 0 aliphatic carbocycles. The third-order valence-electron chi connectivity index (χ3n) is 6.68. The van der Waals surface area contributed by atoms with E-state index in [1.165, 1.54) is 42.5 Å². The minimum absolute atomic E-state index is 0.0186. The van der Waals surface area contributed by atoms with Gasteiger partial charge < -0.3 is 75.9 Å². The normalized spacial score (nSPS) is 11.2. The number of carboxylic acid groups (broad SMARTS) is 4. The highest BCUT2D eigenvalue weighted by Crippen LogP contribution is 2.18. The molecule has 0 unspecified atom stereocenters. The van der Waals surface area contributed by atoms with Crippen LogP contribution in [0.25, 0.3) is 0 Å². The van der Waals surface area contributed by atoms with Crippen LogP contribution in [-0.2, 0) is 19.1 Å². The molecule has 58 heavy (non-hydrogen) atoms. The molecule has 332 valence electrons. The number of benzene rings is 2. The second kappa shape index (κ2) is 36.4. The number of carboxylic acids is 4. The van der Waals surface area contributed by atoms with Crippen molar-refractivity contribution < 1.29 is 105 Å². The highest BCUT2D eigenvalue weighted by Gasteiger charge is 2.25. The molecule has 0 spiro atoms. The summed E-state index contributed by atoms with van der Waals surface area (Å²) in [6.45, 7) is 5.49. The van der Waals surface area contributed by atoms with Gasteiger partial charge in [-0.3, -0.25) is 9.59 Å². The summed E-state index contributed by atoms with van der Waals surface area (Å²) in [6.07, 6.45) is 1.12. The molecule has 0 radical (unpaired) electrons. The molecule has 1 aliphatic rings. The molecule has 1 aliphatic heterocycles. The Kier molecular flexibility index (Phi) is 37.5. The Labute approximate surface area is 334 Å². The van der Waals surface area contributed by atoms with Gasteiger partial charge in [-0.05, 0) is 48.9 Å². The molecule has 1 saturated heterocycles. The number of hydrogen-bond donors (Lipinski definition) is 13. The summed E-state index contributed by atoms with van der Waals surface area (Å²) in [7, 11) is 0. The van der Waals surface area contributed by atoms with Crippen molar-refractivity contribution in [2.45, 2.75) is 40.0 Å². The van der Waals surface area contributed by atoms with E-state index in [1.807, 2.05) is 6.92 Å². The van der Waals surface area contributed by atoms with Crippen LogP contribution in [0.15, 0.2) is 48.5 Å². The molecule has 1 fully saturated rings. The summed E-state index contributed by atoms with van der Waals surface area (Å²) in [5.41, 5.74) is -0.843. The minimum Gasteiger partial charge on any atom is -0.478 e. The lowest BCUT2D eigenvalue weighted by atomic mass is 9.88. The monoisotopic (exact) mass is 838 g/mol. The Morgan fingerprint density at radius 2 is 0.879 bits per heavy atom. The largest absolute Gasteiger partial charge is 0.478 e. The molecule has 0 saturated carbocycles. The molecule has 0 aromatic heterocycles. The van der Waals surface area contributed by atoms with Crippen LogP contribution in [0.5, 0.6) is 0 Å². The highest BCUT2D eigenvalue weighted by atomic mass is 16.6. The number of aromatic carboxylic acids is 4. The van der Waals surface area contributed by atoms with Crippen LogP contribution in [0, 0.1) is 10.8 Å². The second-order valence-electron chi connectivity index (χ2n) is 12.0. The number of rotatable bonds is 15. The highest BCUT2D eigenvalue weighted by molar-refractivity contribution is 5.94. The number of carbonyl (C=O) groups is 6. The number of ether oxygens (including phenoxy) is 2. The van der Waals surface area contributed by atoms with Gasteiger partial charge in [-0.2, -0.15) is 0 Å². The van der Waals surface area contributed by atoms with Gasteiger partial charge in [0, 0.05) is 10.8 Å². The van der Waals surface area contributed by atoms with Crippen molar-refractivity contribution in [2.75, 3.05) is 72.7 Å². The molecular weight excluding hydrogens is 780 g/mol. The Balaban J connectivity index is -0.000000301. The maximum atomic E-state index is 10.4. The van der Waals surface area contributed by atoms with Gasteiger partial charge in [0.25, 0.3) is 0 Å². The Morgan fingerprint density at radius 3 is 1.03 bits per heavy atom. The summed E-state index contributed by atoms with van der Waals surface area (Å²) < 4.78 is 8.72. The smallest absolute Gasteiger partial charge is 0.335 e. The average Bonchev–Trinajstić information content (AvgIpc) is 3.62. The van der Waals surface area contributed by atoms with E-state index < -0.39 is 41.2 Å². The quantitative estimate of drug-likeness (QED) is 0.0601. The van der Waals surface area contributed by atoms with Crippen LogP contribution in [-0.4, -0.2) is 175 Å². The lowest BCUT2D eigenvalue weighted by Gasteiger charge is -2.24. The zero-order valence-electron chi connectivity index (χ0n) is 32.6. The van der Waals surface area contributed by atoms with Gasteiger partial charge in [-0.25, -0.2) is 19.2 Å². The predicted octanol–water partition coefficient (Wildman–Crippen LogP) is -0.668. The number of cyclic esters (lactones) is 2. The average molecular weight is 839 g/mol. The zero-order chi connectivity index (χ0) is 45.7. The molecular formula is C37H58O21. The zero-order valence-corrected chi connectivity index (χ0v) is 32.6. The first-order chi connectivity index (χ1) is 27.2. The van der Waals surface area contributed by atoms with E-state index in [0.29, 0.717) is 19.6 Å². The molecule has 0 atom stereocenters. The molecule has 0 amide bonds. The second-order valence-corrected chi connectivity index (χ2v) is 12.0. The summed E-state index contributed by atoms with van der Waals surface area (Å²) in [5, 5.41) is 108. The summed E-state index contributed by atoms with van der Waals surface area (Å²) in [5.74, 6) is -5.18. The third kappa shape index (κ3) is 32.2. The van der Waals surface area contributed by atoms with Crippen molar-refractivity contribution in [3.63, 3.8) is 0 Å². The van der Waals surface area contributed by atoms with E-state index in [1.54, 1.807) is 13.8 Å². The number of aliphatic hydroxyl groups is 9. The minimum atomic E-state index is -1.13. The van der Waals surface area contributed by atoms with Crippen LogP contribution >= 0.6 is 0 Å². The van der Waals surface area contributed by atoms with E-state index >= 15 is 0 Å². The van der Waals surface area contributed by atoms with Crippen molar-refractivity contribution in [1.82, 2.24) is 0 Å². The van der Waals surface area contributed by atoms with E-state index in [9.17, 15) is 28.8 Å². The first-order valence-corrected chi connectivity index (χ1v) is 17.1. The predicted molar refractivity (Wildman–Crippen MR) is 202 cm³/mol. The van der Waals surface area contributed by atoms with E-state index in [-0.39, 0.29) is 100.0 Å². The lowest BCUT2D eigenvalue weighted by molar-refractivity contribution is -0.152. The number of carbonyl (C=O) groups excluding carboxylic acids is 2. The van der Waals surface area contributed by atoms with Crippen LogP contribution < -0.4 is 0 Å². The summed E-state index contributed by atoms with van der Waals surface area (Å²) in [6, 6.07) is 10.2. The standard InChI is InChI=1S/2C8H6O4.C6H14O3.C5H12O2.C4H4O3.C4H10O3.C2H6O2/c9-7(10)5-1-2-6(4-3-5)8(11)12;9-7(10)5-2-1-3-6(4-5)8(11)12;1-2-6(3-7,4-8)5-9;1-5(2,3-6)4-7;5-3-1-2-4(6)7-3;5-1-3-7-4-2-6;3-1-2-4/h2*1-4H,(H,9,10)(H,11,12);7-9H,2-5H2,1H3;6-7H,3-4H2,1-2H3;1-2H2;5-6H,1-4H2;3-4H,1-2H2. The van der Waals surface area contributed by atoms with Crippen molar-refractivity contribution in [2.24, 2.45) is 10.8 Å². The van der Waals surface area contributed by atoms with Gasteiger partial charge in [-0.15, -0.1) is 0 Å². The van der Waals surface area contributed by atoms with E-state index in [0.717, 1.165) is 6.07 Å². The van der Waals surface area contributed by atoms with Gasteiger partial charge in [0.05, 0.1) is 108 Å². The van der Waals surface area contributed by atoms with Crippen LogP contribution in [0.1, 0.15) is 81.5 Å². The van der Waals surface area contributed by atoms with Crippen molar-refractivity contribution in [1.29, 1.82) is 0 Å². The Morgan fingerprint density at radius 1 is 0.552 bits per heavy atom. The summed E-state index contributed by atoms with van der Waals surface area (Å²) >= 11 is 0. The maximum Gasteiger partial charge on any atom is 0.335 e. The molecule has 21 heteroatoms. The number of hydrogen-bond acceptors (Lipinski definition) is 17. The molecule has 0 bridgehead atoms. The Hall–Kier alpha value is -4.94. The maximum absolute atomic E-state index is 10.4. The van der Waals surface area contributed by atoms with Gasteiger partial charge in [0.1, 0.15) is 0 Å². The fourth-order valence-electron chi connectivity index (χ4n) is 2.74.